The minimum Gasteiger partial charge on any atom is -0.443 e. The molecule has 0 aliphatic carbocycles. The van der Waals surface area contributed by atoms with Gasteiger partial charge < -0.3 is 24.9 Å². The van der Waals surface area contributed by atoms with Gasteiger partial charge in [0.05, 0.1) is 19.3 Å². The summed E-state index contributed by atoms with van der Waals surface area (Å²) in [5.41, 5.74) is -0.0704. The highest BCUT2D eigenvalue weighted by atomic mass is 16.5. The average molecular weight is 338 g/mol. The van der Waals surface area contributed by atoms with Crippen LogP contribution in [0.15, 0.2) is 15.6 Å². The van der Waals surface area contributed by atoms with Crippen LogP contribution in [0.1, 0.15) is 45.3 Å². The van der Waals surface area contributed by atoms with E-state index in [0.29, 0.717) is 31.5 Å². The van der Waals surface area contributed by atoms with Crippen molar-refractivity contribution in [2.45, 2.75) is 45.6 Å². The molecule has 3 N–H and O–H groups in total. The molecule has 0 saturated carbocycles. The first-order valence-corrected chi connectivity index (χ1v) is 8.47. The van der Waals surface area contributed by atoms with Gasteiger partial charge in [0.2, 0.25) is 5.89 Å². The van der Waals surface area contributed by atoms with Gasteiger partial charge in [-0.15, -0.1) is 0 Å². The molecule has 2 heterocycles. The van der Waals surface area contributed by atoms with Crippen LogP contribution in [0, 0.1) is 5.41 Å². The number of rotatable bonds is 6. The Morgan fingerprint density at radius 2 is 2.21 bits per heavy atom. The summed E-state index contributed by atoms with van der Waals surface area (Å²) in [6.07, 6.45) is 3.46. The first-order valence-electron chi connectivity index (χ1n) is 8.47. The molecule has 7 heteroatoms. The predicted molar refractivity (Wildman–Crippen MR) is 93.0 cm³/mol. The zero-order valence-corrected chi connectivity index (χ0v) is 15.2. The average Bonchev–Trinajstić information content (AvgIpc) is 3.17. The lowest BCUT2D eigenvalue weighted by Crippen LogP contribution is -2.44. The van der Waals surface area contributed by atoms with Gasteiger partial charge in [0, 0.05) is 37.6 Å². The lowest BCUT2D eigenvalue weighted by molar-refractivity contribution is 0.127. The molecule has 1 aliphatic rings. The first kappa shape index (κ1) is 18.7. The maximum atomic E-state index is 9.28. The maximum Gasteiger partial charge on any atom is 0.213 e. The molecule has 0 amide bonds. The summed E-state index contributed by atoms with van der Waals surface area (Å²) in [6, 6.07) is 0. The molecule has 1 atom stereocenters. The number of nitrogens with one attached hydrogen (secondary N) is 2. The number of aliphatic hydroxyl groups is 1. The van der Waals surface area contributed by atoms with E-state index in [4.69, 9.17) is 9.15 Å². The van der Waals surface area contributed by atoms with E-state index in [1.54, 1.807) is 13.2 Å². The molecule has 0 spiro atoms. The van der Waals surface area contributed by atoms with Gasteiger partial charge >= 0.3 is 0 Å². The summed E-state index contributed by atoms with van der Waals surface area (Å²) in [7, 11) is 1.73. The molecule has 1 aliphatic heterocycles. The van der Waals surface area contributed by atoms with Crippen LogP contribution >= 0.6 is 0 Å². The van der Waals surface area contributed by atoms with Gasteiger partial charge in [0.15, 0.2) is 5.96 Å². The molecule has 1 unspecified atom stereocenters. The molecule has 2 rings (SSSR count). The van der Waals surface area contributed by atoms with Crippen molar-refractivity contribution in [3.05, 3.63) is 17.8 Å². The smallest absolute Gasteiger partial charge is 0.213 e. The lowest BCUT2D eigenvalue weighted by Gasteiger charge is -2.27. The van der Waals surface area contributed by atoms with E-state index in [1.807, 2.05) is 0 Å². The molecule has 24 heavy (non-hydrogen) atoms. The van der Waals surface area contributed by atoms with Crippen molar-refractivity contribution in [1.29, 1.82) is 0 Å². The van der Waals surface area contributed by atoms with E-state index < -0.39 is 0 Å². The zero-order chi connectivity index (χ0) is 17.6. The molecular weight excluding hydrogens is 308 g/mol. The molecule has 1 aromatic heterocycles. The number of hydrogen-bond donors (Lipinski definition) is 3. The van der Waals surface area contributed by atoms with Crippen LogP contribution in [0.5, 0.6) is 0 Å². The fourth-order valence-electron chi connectivity index (χ4n) is 2.70. The van der Waals surface area contributed by atoms with Crippen LogP contribution in [0.4, 0.5) is 0 Å². The van der Waals surface area contributed by atoms with Crippen molar-refractivity contribution in [2.24, 2.45) is 10.4 Å². The molecule has 0 radical (unpaired) electrons. The number of aliphatic hydroxyl groups excluding tert-OH is 1. The van der Waals surface area contributed by atoms with Gasteiger partial charge in [-0.25, -0.2) is 4.98 Å². The summed E-state index contributed by atoms with van der Waals surface area (Å²) in [6.45, 7) is 9.06. The minimum atomic E-state index is -0.0513. The fraction of sp³-hybridized carbons (Fsp3) is 0.765. The van der Waals surface area contributed by atoms with Crippen LogP contribution in [0.25, 0.3) is 0 Å². The fourth-order valence-corrected chi connectivity index (χ4v) is 2.70. The van der Waals surface area contributed by atoms with Gasteiger partial charge in [-0.05, 0) is 12.8 Å². The SMILES string of the molecule is CN=C(NCc1ncc(C(C)(C)C)o1)NCC1(CCO)CCOC1. The summed E-state index contributed by atoms with van der Waals surface area (Å²) >= 11 is 0. The van der Waals surface area contributed by atoms with Gasteiger partial charge in [0.1, 0.15) is 5.76 Å². The molecule has 0 bridgehead atoms. The molecular formula is C17H30N4O3. The Balaban J connectivity index is 1.85. The number of aliphatic imine (C=N–C) groups is 1. The highest BCUT2D eigenvalue weighted by Crippen LogP contribution is 2.31. The second-order valence-electron chi connectivity index (χ2n) is 7.42. The van der Waals surface area contributed by atoms with Crippen molar-refractivity contribution in [3.8, 4) is 0 Å². The van der Waals surface area contributed by atoms with E-state index in [2.05, 4.69) is 41.4 Å². The van der Waals surface area contributed by atoms with Gasteiger partial charge in [-0.3, -0.25) is 4.99 Å². The van der Waals surface area contributed by atoms with Crippen molar-refractivity contribution < 1.29 is 14.3 Å². The Morgan fingerprint density at radius 1 is 1.42 bits per heavy atom. The zero-order valence-electron chi connectivity index (χ0n) is 15.2. The van der Waals surface area contributed by atoms with Crippen molar-refractivity contribution in [2.75, 3.05) is 33.4 Å². The highest BCUT2D eigenvalue weighted by Gasteiger charge is 2.34. The number of oxazole rings is 1. The summed E-state index contributed by atoms with van der Waals surface area (Å²) in [5.74, 6) is 2.19. The monoisotopic (exact) mass is 338 g/mol. The summed E-state index contributed by atoms with van der Waals surface area (Å²) in [5, 5.41) is 15.8. The van der Waals surface area contributed by atoms with Crippen LogP contribution in [0.2, 0.25) is 0 Å². The second-order valence-corrected chi connectivity index (χ2v) is 7.42. The number of nitrogens with zero attached hydrogens (tertiary/aromatic N) is 2. The van der Waals surface area contributed by atoms with Crippen LogP contribution in [-0.4, -0.2) is 49.5 Å². The summed E-state index contributed by atoms with van der Waals surface area (Å²) in [4.78, 5) is 8.54. The van der Waals surface area contributed by atoms with E-state index in [-0.39, 0.29) is 17.4 Å². The maximum absolute atomic E-state index is 9.28. The van der Waals surface area contributed by atoms with Crippen molar-refractivity contribution in [1.82, 2.24) is 15.6 Å². The normalized spacial score (nSPS) is 22.0. The standard InChI is InChI=1S/C17H30N4O3/c1-16(2,3)13-9-19-14(24-13)10-20-15(18-4)21-11-17(5-7-22)6-8-23-12-17/h9,22H,5-8,10-12H2,1-4H3,(H2,18,20,21). The van der Waals surface area contributed by atoms with Gasteiger partial charge in [-0.1, -0.05) is 20.8 Å². The number of hydrogen-bond acceptors (Lipinski definition) is 5. The Kier molecular flexibility index (Phi) is 6.23. The molecule has 0 aromatic carbocycles. The Labute approximate surface area is 143 Å². The van der Waals surface area contributed by atoms with Crippen LogP contribution in [-0.2, 0) is 16.7 Å². The van der Waals surface area contributed by atoms with E-state index in [0.717, 1.165) is 25.2 Å². The number of aromatic nitrogens is 1. The van der Waals surface area contributed by atoms with Crippen LogP contribution in [0.3, 0.4) is 0 Å². The third-order valence-corrected chi connectivity index (χ3v) is 4.38. The molecule has 1 saturated heterocycles. The minimum absolute atomic E-state index is 0.0191. The van der Waals surface area contributed by atoms with E-state index >= 15 is 0 Å². The van der Waals surface area contributed by atoms with E-state index in [1.165, 1.54) is 0 Å². The van der Waals surface area contributed by atoms with E-state index in [9.17, 15) is 5.11 Å². The topological polar surface area (TPSA) is 91.9 Å². The number of ether oxygens (including phenoxy) is 1. The third kappa shape index (κ3) is 4.95. The largest absolute Gasteiger partial charge is 0.443 e. The molecule has 7 nitrogen and oxygen atoms in total. The quantitative estimate of drug-likeness (QED) is 0.537. The Morgan fingerprint density at radius 3 is 2.75 bits per heavy atom. The molecule has 1 fully saturated rings. The van der Waals surface area contributed by atoms with Gasteiger partial charge in [0.25, 0.3) is 0 Å². The second kappa shape index (κ2) is 7.98. The first-order chi connectivity index (χ1) is 11.4. The van der Waals surface area contributed by atoms with Crippen LogP contribution < -0.4 is 10.6 Å². The lowest BCUT2D eigenvalue weighted by atomic mass is 9.84. The third-order valence-electron chi connectivity index (χ3n) is 4.38. The van der Waals surface area contributed by atoms with Gasteiger partial charge in [-0.2, -0.15) is 0 Å². The summed E-state index contributed by atoms with van der Waals surface area (Å²) < 4.78 is 11.3. The van der Waals surface area contributed by atoms with Crippen molar-refractivity contribution >= 4 is 5.96 Å². The highest BCUT2D eigenvalue weighted by molar-refractivity contribution is 5.79. The predicted octanol–water partition coefficient (Wildman–Crippen LogP) is 1.43. The molecule has 136 valence electrons. The molecule has 1 aromatic rings. The Bertz CT molecular complexity index is 542. The number of guanidine groups is 1. The Hall–Kier alpha value is -1.60. The van der Waals surface area contributed by atoms with Crippen molar-refractivity contribution in [3.63, 3.8) is 0 Å².